The van der Waals surface area contributed by atoms with E-state index in [0.29, 0.717) is 11.8 Å². The third kappa shape index (κ3) is 1.74. The molecule has 2 N–H and O–H groups in total. The van der Waals surface area contributed by atoms with E-state index < -0.39 is 5.97 Å². The smallest absolute Gasteiger partial charge is 0.308 e. The fraction of sp³-hybridized carbons (Fsp3) is 0.615. The molecule has 1 aromatic rings. The van der Waals surface area contributed by atoms with Crippen molar-refractivity contribution in [1.82, 2.24) is 9.97 Å². The number of nitrogens with one attached hydrogen (secondary N) is 1. The molecule has 2 aliphatic carbocycles. The molecule has 2 aliphatic rings. The molecule has 2 bridgehead atoms. The minimum Gasteiger partial charge on any atom is -0.481 e. The quantitative estimate of drug-likeness (QED) is 0.850. The Morgan fingerprint density at radius 3 is 2.78 bits per heavy atom. The van der Waals surface area contributed by atoms with Gasteiger partial charge in [-0.05, 0) is 38.0 Å². The number of carbonyl (C=O) groups is 1. The number of aryl methyl sites for hydroxylation is 1. The first-order chi connectivity index (χ1) is 8.66. The Hall–Kier alpha value is -1.65. The molecule has 0 radical (unpaired) electrons. The van der Waals surface area contributed by atoms with E-state index in [9.17, 15) is 9.90 Å². The molecule has 4 atom stereocenters. The van der Waals surface area contributed by atoms with Crippen molar-refractivity contribution in [2.45, 2.75) is 32.2 Å². The minimum atomic E-state index is -0.679. The number of nitrogens with zero attached hydrogens (tertiary/aromatic N) is 2. The molecule has 1 heterocycles. The Bertz CT molecular complexity index is 477. The highest BCUT2D eigenvalue weighted by molar-refractivity contribution is 5.73. The number of fused-ring (bicyclic) bond motifs is 2. The van der Waals surface area contributed by atoms with Gasteiger partial charge in [-0.1, -0.05) is 0 Å². The lowest BCUT2D eigenvalue weighted by Crippen LogP contribution is -2.39. The summed E-state index contributed by atoms with van der Waals surface area (Å²) in [7, 11) is 0. The fourth-order valence-corrected chi connectivity index (χ4v) is 3.56. The second kappa shape index (κ2) is 4.23. The second-order valence-electron chi connectivity index (χ2n) is 5.36. The maximum atomic E-state index is 11.4. The first-order valence-corrected chi connectivity index (χ1v) is 6.44. The van der Waals surface area contributed by atoms with Crippen LogP contribution in [0, 0.1) is 24.7 Å². The topological polar surface area (TPSA) is 75.1 Å². The van der Waals surface area contributed by atoms with Crippen LogP contribution in [0.25, 0.3) is 0 Å². The molecule has 0 saturated heterocycles. The van der Waals surface area contributed by atoms with Gasteiger partial charge in [0.05, 0.1) is 11.6 Å². The summed E-state index contributed by atoms with van der Waals surface area (Å²) in [5, 5.41) is 12.7. The Morgan fingerprint density at radius 2 is 2.06 bits per heavy atom. The van der Waals surface area contributed by atoms with Gasteiger partial charge in [-0.3, -0.25) is 9.78 Å². The van der Waals surface area contributed by atoms with Gasteiger partial charge < -0.3 is 10.4 Å². The van der Waals surface area contributed by atoms with Crippen LogP contribution >= 0.6 is 0 Å². The maximum Gasteiger partial charge on any atom is 0.308 e. The van der Waals surface area contributed by atoms with Crippen LogP contribution in [-0.2, 0) is 4.79 Å². The Labute approximate surface area is 106 Å². The average molecular weight is 247 g/mol. The number of hydrogen-bond acceptors (Lipinski definition) is 4. The fourth-order valence-electron chi connectivity index (χ4n) is 3.56. The number of hydrogen-bond donors (Lipinski definition) is 2. The van der Waals surface area contributed by atoms with Gasteiger partial charge in [0, 0.05) is 18.4 Å². The normalized spacial score (nSPS) is 33.6. The van der Waals surface area contributed by atoms with Crippen LogP contribution in [0.1, 0.15) is 25.0 Å². The summed E-state index contributed by atoms with van der Waals surface area (Å²) < 4.78 is 0. The van der Waals surface area contributed by atoms with E-state index in [1.807, 2.05) is 6.92 Å². The van der Waals surface area contributed by atoms with Crippen LogP contribution < -0.4 is 5.32 Å². The summed E-state index contributed by atoms with van der Waals surface area (Å²) >= 11 is 0. The zero-order valence-electron chi connectivity index (χ0n) is 10.3. The molecule has 0 amide bonds. The summed E-state index contributed by atoms with van der Waals surface area (Å²) in [5.74, 6) is 0.576. The third-order valence-corrected chi connectivity index (χ3v) is 4.39. The summed E-state index contributed by atoms with van der Waals surface area (Å²) in [6.45, 7) is 1.89. The van der Waals surface area contributed by atoms with Crippen LogP contribution in [-0.4, -0.2) is 27.1 Å². The van der Waals surface area contributed by atoms with Crippen molar-refractivity contribution in [1.29, 1.82) is 0 Å². The molecule has 18 heavy (non-hydrogen) atoms. The van der Waals surface area contributed by atoms with E-state index in [4.69, 9.17) is 0 Å². The lowest BCUT2D eigenvalue weighted by atomic mass is 9.84. The summed E-state index contributed by atoms with van der Waals surface area (Å²) in [6.07, 6.45) is 6.51. The highest BCUT2D eigenvalue weighted by atomic mass is 16.4. The molecular weight excluding hydrogens is 230 g/mol. The van der Waals surface area contributed by atoms with E-state index in [2.05, 4.69) is 15.3 Å². The summed E-state index contributed by atoms with van der Waals surface area (Å²) in [5.41, 5.74) is 0.824. The predicted molar refractivity (Wildman–Crippen MR) is 66.1 cm³/mol. The molecule has 2 saturated carbocycles. The molecule has 5 nitrogen and oxygen atoms in total. The van der Waals surface area contributed by atoms with Crippen molar-refractivity contribution in [2.75, 3.05) is 5.32 Å². The first kappa shape index (κ1) is 11.4. The molecule has 4 unspecified atom stereocenters. The Balaban J connectivity index is 1.83. The highest BCUT2D eigenvalue weighted by Crippen LogP contribution is 2.49. The molecule has 2 fully saturated rings. The number of aromatic nitrogens is 2. The van der Waals surface area contributed by atoms with Crippen molar-refractivity contribution < 1.29 is 9.90 Å². The summed E-state index contributed by atoms with van der Waals surface area (Å²) in [4.78, 5) is 19.8. The zero-order chi connectivity index (χ0) is 12.7. The molecule has 3 rings (SSSR count). The van der Waals surface area contributed by atoms with E-state index in [1.54, 1.807) is 12.4 Å². The van der Waals surface area contributed by atoms with Gasteiger partial charge >= 0.3 is 5.97 Å². The van der Waals surface area contributed by atoms with Crippen LogP contribution in [0.3, 0.4) is 0 Å². The first-order valence-electron chi connectivity index (χ1n) is 6.44. The van der Waals surface area contributed by atoms with Gasteiger partial charge in [-0.25, -0.2) is 4.98 Å². The number of anilines is 1. The van der Waals surface area contributed by atoms with Crippen molar-refractivity contribution in [3.8, 4) is 0 Å². The lowest BCUT2D eigenvalue weighted by Gasteiger charge is -2.29. The molecular formula is C13H17N3O2. The van der Waals surface area contributed by atoms with Crippen LogP contribution in [0.4, 0.5) is 5.82 Å². The van der Waals surface area contributed by atoms with Crippen molar-refractivity contribution in [3.63, 3.8) is 0 Å². The predicted octanol–water partition coefficient (Wildman–Crippen LogP) is 1.70. The number of aliphatic carboxylic acids is 1. The second-order valence-corrected chi connectivity index (χ2v) is 5.36. The van der Waals surface area contributed by atoms with Gasteiger partial charge in [0.25, 0.3) is 0 Å². The maximum absolute atomic E-state index is 11.4. The highest BCUT2D eigenvalue weighted by Gasteiger charge is 2.51. The van der Waals surface area contributed by atoms with Gasteiger partial charge in [0.15, 0.2) is 0 Å². The van der Waals surface area contributed by atoms with E-state index in [1.165, 1.54) is 0 Å². The minimum absolute atomic E-state index is 0.0108. The van der Waals surface area contributed by atoms with Crippen molar-refractivity contribution in [2.24, 2.45) is 17.8 Å². The van der Waals surface area contributed by atoms with Crippen LogP contribution in [0.5, 0.6) is 0 Å². The Morgan fingerprint density at radius 1 is 1.33 bits per heavy atom. The molecule has 0 spiro atoms. The lowest BCUT2D eigenvalue weighted by molar-refractivity contribution is -0.143. The number of rotatable bonds is 3. The molecule has 0 aliphatic heterocycles. The van der Waals surface area contributed by atoms with Gasteiger partial charge in [0.2, 0.25) is 0 Å². The summed E-state index contributed by atoms with van der Waals surface area (Å²) in [6, 6.07) is 0.0108. The van der Waals surface area contributed by atoms with Gasteiger partial charge in [0.1, 0.15) is 5.82 Å². The molecule has 5 heteroatoms. The molecule has 96 valence electrons. The van der Waals surface area contributed by atoms with E-state index >= 15 is 0 Å². The number of carboxylic acids is 1. The number of carboxylic acid groups (broad SMARTS) is 1. The largest absolute Gasteiger partial charge is 0.481 e. The Kier molecular flexibility index (Phi) is 2.69. The van der Waals surface area contributed by atoms with E-state index in [0.717, 1.165) is 30.8 Å². The zero-order valence-corrected chi connectivity index (χ0v) is 10.3. The third-order valence-electron chi connectivity index (χ3n) is 4.39. The standard InChI is InChI=1S/C13H17N3O2/c1-7-12(15-5-4-14-7)16-11-9-3-2-8(6-9)10(11)13(17)18/h4-5,8-11H,2-3,6H2,1H3,(H,15,16)(H,17,18). The molecule has 0 aromatic carbocycles. The van der Waals surface area contributed by atoms with Gasteiger partial charge in [-0.2, -0.15) is 0 Å². The van der Waals surface area contributed by atoms with Crippen LogP contribution in [0.15, 0.2) is 12.4 Å². The van der Waals surface area contributed by atoms with Gasteiger partial charge in [-0.15, -0.1) is 0 Å². The van der Waals surface area contributed by atoms with Crippen molar-refractivity contribution >= 4 is 11.8 Å². The van der Waals surface area contributed by atoms with Crippen LogP contribution in [0.2, 0.25) is 0 Å². The monoisotopic (exact) mass is 247 g/mol. The van der Waals surface area contributed by atoms with Crippen molar-refractivity contribution in [3.05, 3.63) is 18.1 Å². The van der Waals surface area contributed by atoms with E-state index in [-0.39, 0.29) is 12.0 Å². The average Bonchev–Trinajstić information content (AvgIpc) is 2.92. The molecule has 1 aromatic heterocycles. The SMILES string of the molecule is Cc1nccnc1NC1C2CCC(C2)C1C(=O)O.